The molecule has 0 bridgehead atoms. The van der Waals surface area contributed by atoms with Crippen LogP contribution in [0, 0.1) is 6.92 Å². The van der Waals surface area contributed by atoms with E-state index in [-0.39, 0.29) is 12.2 Å². The second kappa shape index (κ2) is 4.40. The predicted molar refractivity (Wildman–Crippen MR) is 48.3 cm³/mol. The molecular weight excluding hydrogens is 227 g/mol. The van der Waals surface area contributed by atoms with Crippen LogP contribution < -0.4 is 5.73 Å². The molecule has 0 spiro atoms. The van der Waals surface area contributed by atoms with Crippen molar-refractivity contribution < 1.29 is 23.4 Å². The molecule has 5 N–H and O–H groups in total. The number of hydrogen-bond acceptors (Lipinski definition) is 4. The van der Waals surface area contributed by atoms with Gasteiger partial charge in [-0.05, 0) is 6.92 Å². The third kappa shape index (κ3) is 2.34. The van der Waals surface area contributed by atoms with Gasteiger partial charge in [-0.15, -0.1) is 0 Å². The molecule has 1 aromatic rings. The Morgan fingerprint density at radius 3 is 2.44 bits per heavy atom. The van der Waals surface area contributed by atoms with Crippen LogP contribution in [-0.4, -0.2) is 33.1 Å². The summed E-state index contributed by atoms with van der Waals surface area (Å²) in [6.45, 7) is 0.979. The van der Waals surface area contributed by atoms with Crippen molar-refractivity contribution in [3.63, 3.8) is 0 Å². The summed E-state index contributed by atoms with van der Waals surface area (Å²) in [6, 6.07) is 0. The molecular formula is C8H12F3N3O2. The van der Waals surface area contributed by atoms with E-state index in [1.807, 2.05) is 0 Å². The van der Waals surface area contributed by atoms with Gasteiger partial charge in [0, 0.05) is 17.8 Å². The molecule has 1 aromatic heterocycles. The van der Waals surface area contributed by atoms with Gasteiger partial charge in [0.2, 0.25) is 0 Å². The van der Waals surface area contributed by atoms with E-state index in [0.717, 1.165) is 0 Å². The van der Waals surface area contributed by atoms with Gasteiger partial charge in [0.15, 0.2) is 5.69 Å². The number of H-pyrrole nitrogens is 1. The first-order chi connectivity index (χ1) is 7.29. The monoisotopic (exact) mass is 239 g/mol. The summed E-state index contributed by atoms with van der Waals surface area (Å²) < 4.78 is 37.4. The third-order valence-electron chi connectivity index (χ3n) is 2.16. The molecule has 0 radical (unpaired) electrons. The molecule has 1 heterocycles. The Kier molecular flexibility index (Phi) is 3.56. The smallest absolute Gasteiger partial charge is 0.389 e. The lowest BCUT2D eigenvalue weighted by molar-refractivity contribution is -0.143. The van der Waals surface area contributed by atoms with E-state index in [9.17, 15) is 23.4 Å². The Morgan fingerprint density at radius 2 is 2.00 bits per heavy atom. The van der Waals surface area contributed by atoms with Crippen molar-refractivity contribution in [2.45, 2.75) is 25.3 Å². The number of aliphatic hydroxyl groups is 2. The summed E-state index contributed by atoms with van der Waals surface area (Å²) in [5, 5.41) is 23.9. The van der Waals surface area contributed by atoms with Crippen molar-refractivity contribution in [1.82, 2.24) is 10.2 Å². The van der Waals surface area contributed by atoms with E-state index in [4.69, 9.17) is 5.73 Å². The largest absolute Gasteiger partial charge is 0.435 e. The Bertz CT molecular complexity index is 364. The zero-order valence-corrected chi connectivity index (χ0v) is 8.41. The van der Waals surface area contributed by atoms with Crippen molar-refractivity contribution in [3.8, 4) is 0 Å². The summed E-state index contributed by atoms with van der Waals surface area (Å²) >= 11 is 0. The highest BCUT2D eigenvalue weighted by molar-refractivity contribution is 5.29. The number of aromatic nitrogens is 2. The van der Waals surface area contributed by atoms with E-state index in [1.165, 1.54) is 6.92 Å². The molecule has 0 aliphatic carbocycles. The second-order valence-corrected chi connectivity index (χ2v) is 3.36. The number of nitrogens with one attached hydrogen (secondary N) is 1. The first-order valence-corrected chi connectivity index (χ1v) is 4.47. The number of aryl methyl sites for hydroxylation is 1. The molecule has 2 atom stereocenters. The van der Waals surface area contributed by atoms with Crippen LogP contribution in [0.4, 0.5) is 13.2 Å². The Hall–Kier alpha value is -1.12. The van der Waals surface area contributed by atoms with Gasteiger partial charge in [0.1, 0.15) is 6.10 Å². The molecule has 2 unspecified atom stereocenters. The van der Waals surface area contributed by atoms with Crippen LogP contribution in [0.15, 0.2) is 0 Å². The quantitative estimate of drug-likeness (QED) is 0.601. The minimum Gasteiger partial charge on any atom is -0.389 e. The molecule has 92 valence electrons. The Balaban J connectivity index is 3.17. The fourth-order valence-electron chi connectivity index (χ4n) is 1.34. The van der Waals surface area contributed by atoms with E-state index < -0.39 is 29.6 Å². The summed E-state index contributed by atoms with van der Waals surface area (Å²) in [6.07, 6.45) is -7.85. The first-order valence-electron chi connectivity index (χ1n) is 4.47. The van der Waals surface area contributed by atoms with E-state index in [1.54, 1.807) is 0 Å². The minimum absolute atomic E-state index is 0.0484. The average molecular weight is 239 g/mol. The van der Waals surface area contributed by atoms with Crippen LogP contribution >= 0.6 is 0 Å². The zero-order valence-electron chi connectivity index (χ0n) is 8.41. The lowest BCUT2D eigenvalue weighted by Crippen LogP contribution is -2.28. The van der Waals surface area contributed by atoms with Gasteiger partial charge in [-0.3, -0.25) is 5.10 Å². The molecule has 1 rings (SSSR count). The van der Waals surface area contributed by atoms with Crippen LogP contribution in [0.25, 0.3) is 0 Å². The van der Waals surface area contributed by atoms with Gasteiger partial charge in [0.25, 0.3) is 0 Å². The van der Waals surface area contributed by atoms with Gasteiger partial charge in [0.05, 0.1) is 6.10 Å². The van der Waals surface area contributed by atoms with Crippen LogP contribution in [0.1, 0.15) is 23.1 Å². The number of rotatable bonds is 3. The number of halogens is 3. The average Bonchev–Trinajstić information content (AvgIpc) is 2.57. The molecule has 0 saturated heterocycles. The fourth-order valence-corrected chi connectivity index (χ4v) is 1.34. The van der Waals surface area contributed by atoms with Crippen LogP contribution in [0.3, 0.4) is 0 Å². The van der Waals surface area contributed by atoms with Gasteiger partial charge in [-0.1, -0.05) is 0 Å². The summed E-state index contributed by atoms with van der Waals surface area (Å²) in [4.78, 5) is 0. The molecule has 0 aromatic carbocycles. The van der Waals surface area contributed by atoms with Gasteiger partial charge < -0.3 is 15.9 Å². The van der Waals surface area contributed by atoms with Crippen molar-refractivity contribution in [3.05, 3.63) is 17.0 Å². The maximum Gasteiger partial charge on any atom is 0.435 e. The molecule has 8 heteroatoms. The molecule has 0 fully saturated rings. The van der Waals surface area contributed by atoms with Crippen LogP contribution in [0.5, 0.6) is 0 Å². The molecule has 0 aliphatic rings. The minimum atomic E-state index is -4.69. The number of aromatic amines is 1. The van der Waals surface area contributed by atoms with Crippen LogP contribution in [0.2, 0.25) is 0 Å². The fraction of sp³-hybridized carbons (Fsp3) is 0.625. The predicted octanol–water partition coefficient (Wildman–Crippen LogP) is 0.0899. The summed E-state index contributed by atoms with van der Waals surface area (Å²) in [5.41, 5.74) is 3.42. The van der Waals surface area contributed by atoms with Crippen molar-refractivity contribution in [2.24, 2.45) is 5.73 Å². The van der Waals surface area contributed by atoms with E-state index in [2.05, 4.69) is 10.2 Å². The summed E-state index contributed by atoms with van der Waals surface area (Å²) in [7, 11) is 0. The third-order valence-corrected chi connectivity index (χ3v) is 2.16. The number of hydrogen-bond donors (Lipinski definition) is 4. The number of alkyl halides is 3. The topological polar surface area (TPSA) is 95.2 Å². The van der Waals surface area contributed by atoms with Crippen molar-refractivity contribution in [1.29, 1.82) is 0 Å². The molecule has 16 heavy (non-hydrogen) atoms. The van der Waals surface area contributed by atoms with Crippen LogP contribution in [-0.2, 0) is 6.18 Å². The first kappa shape index (κ1) is 12.9. The van der Waals surface area contributed by atoms with E-state index in [0.29, 0.717) is 0 Å². The highest BCUT2D eigenvalue weighted by Gasteiger charge is 2.40. The molecule has 0 aliphatic heterocycles. The second-order valence-electron chi connectivity index (χ2n) is 3.36. The van der Waals surface area contributed by atoms with Gasteiger partial charge >= 0.3 is 6.18 Å². The van der Waals surface area contributed by atoms with Crippen molar-refractivity contribution >= 4 is 0 Å². The number of nitrogens with zero attached hydrogens (tertiary/aromatic N) is 1. The van der Waals surface area contributed by atoms with E-state index >= 15 is 0 Å². The van der Waals surface area contributed by atoms with Gasteiger partial charge in [-0.2, -0.15) is 18.3 Å². The number of aliphatic hydroxyl groups excluding tert-OH is 2. The summed E-state index contributed by atoms with van der Waals surface area (Å²) in [5.74, 6) is 0. The SMILES string of the molecule is Cc1[nH]nc(C(F)(F)F)c1C(O)C(O)CN. The molecule has 0 amide bonds. The number of nitrogens with two attached hydrogens (primary N) is 1. The zero-order chi connectivity index (χ0) is 12.5. The Morgan fingerprint density at radius 1 is 1.44 bits per heavy atom. The lowest BCUT2D eigenvalue weighted by Gasteiger charge is -2.17. The molecule has 0 saturated carbocycles. The normalized spacial score (nSPS) is 16.2. The van der Waals surface area contributed by atoms with Gasteiger partial charge in [-0.25, -0.2) is 0 Å². The maximum absolute atomic E-state index is 12.5. The highest BCUT2D eigenvalue weighted by Crippen LogP contribution is 2.35. The maximum atomic E-state index is 12.5. The molecule has 5 nitrogen and oxygen atoms in total. The highest BCUT2D eigenvalue weighted by atomic mass is 19.4. The van der Waals surface area contributed by atoms with Crippen molar-refractivity contribution in [2.75, 3.05) is 6.54 Å². The Labute approximate surface area is 89.1 Å². The lowest BCUT2D eigenvalue weighted by atomic mass is 10.0. The standard InChI is InChI=1S/C8H12F3N3O2/c1-3-5(6(16)4(15)2-12)7(14-13-3)8(9,10)11/h4,6,15-16H,2,12H2,1H3,(H,13,14).